The summed E-state index contributed by atoms with van der Waals surface area (Å²) >= 11 is 0. The number of aliphatic hydroxyl groups is 1. The summed E-state index contributed by atoms with van der Waals surface area (Å²) in [5.74, 6) is 1.86. The van der Waals surface area contributed by atoms with Crippen LogP contribution in [0, 0.1) is 6.92 Å². The summed E-state index contributed by atoms with van der Waals surface area (Å²) in [5, 5.41) is 12.4. The zero-order chi connectivity index (χ0) is 14.4. The van der Waals surface area contributed by atoms with E-state index in [1.54, 1.807) is 0 Å². The van der Waals surface area contributed by atoms with Crippen LogP contribution in [0.25, 0.3) is 0 Å². The summed E-state index contributed by atoms with van der Waals surface area (Å²) < 4.78 is 5.52. The van der Waals surface area contributed by atoms with Crippen LogP contribution in [0.4, 0.5) is 11.4 Å². The predicted molar refractivity (Wildman–Crippen MR) is 82.2 cm³/mol. The molecule has 108 valence electrons. The lowest BCUT2D eigenvalue weighted by Gasteiger charge is -2.22. The van der Waals surface area contributed by atoms with E-state index in [2.05, 4.69) is 29.3 Å². The highest BCUT2D eigenvalue weighted by Crippen LogP contribution is 2.18. The van der Waals surface area contributed by atoms with Crippen molar-refractivity contribution in [3.8, 4) is 0 Å². The number of aryl methyl sites for hydroxylation is 1. The molecule has 0 radical (unpaired) electrons. The van der Waals surface area contributed by atoms with Crippen molar-refractivity contribution in [1.29, 1.82) is 0 Å². The van der Waals surface area contributed by atoms with Crippen LogP contribution in [-0.2, 0) is 6.54 Å². The Morgan fingerprint density at radius 3 is 2.45 bits per heavy atom. The first-order valence-electron chi connectivity index (χ1n) is 6.98. The number of anilines is 2. The number of nitrogens with one attached hydrogen (secondary N) is 1. The highest BCUT2D eigenvalue weighted by atomic mass is 16.3. The highest BCUT2D eigenvalue weighted by molar-refractivity contribution is 5.55. The fraction of sp³-hybridized carbons (Fsp3) is 0.375. The number of furan rings is 1. The van der Waals surface area contributed by atoms with E-state index < -0.39 is 0 Å². The fourth-order valence-electron chi connectivity index (χ4n) is 2.15. The molecule has 0 amide bonds. The molecule has 2 rings (SSSR count). The molecule has 0 saturated carbocycles. The first kappa shape index (κ1) is 14.5. The van der Waals surface area contributed by atoms with Gasteiger partial charge in [-0.3, -0.25) is 0 Å². The number of hydrogen-bond donors (Lipinski definition) is 2. The smallest absolute Gasteiger partial charge is 0.123 e. The van der Waals surface area contributed by atoms with Crippen molar-refractivity contribution in [1.82, 2.24) is 0 Å². The molecule has 0 aliphatic rings. The molecule has 0 aliphatic heterocycles. The van der Waals surface area contributed by atoms with E-state index in [0.717, 1.165) is 29.4 Å². The van der Waals surface area contributed by atoms with Gasteiger partial charge in [0, 0.05) is 24.5 Å². The molecule has 4 nitrogen and oxygen atoms in total. The minimum absolute atomic E-state index is 0.172. The second-order valence-corrected chi connectivity index (χ2v) is 4.72. The third-order valence-corrected chi connectivity index (χ3v) is 3.25. The van der Waals surface area contributed by atoms with E-state index in [-0.39, 0.29) is 6.61 Å². The molecule has 4 heteroatoms. The Bertz CT molecular complexity index is 520. The van der Waals surface area contributed by atoms with Gasteiger partial charge in [-0.05, 0) is 50.2 Å². The topological polar surface area (TPSA) is 48.6 Å². The summed E-state index contributed by atoms with van der Waals surface area (Å²) in [7, 11) is 0. The number of benzene rings is 1. The Kier molecular flexibility index (Phi) is 5.07. The van der Waals surface area contributed by atoms with Crippen LogP contribution < -0.4 is 10.2 Å². The first-order chi connectivity index (χ1) is 9.72. The van der Waals surface area contributed by atoms with E-state index in [1.807, 2.05) is 31.2 Å². The summed E-state index contributed by atoms with van der Waals surface area (Å²) in [4.78, 5) is 2.14. The number of aliphatic hydroxyl groups excluding tert-OH is 1. The van der Waals surface area contributed by atoms with E-state index in [0.29, 0.717) is 13.1 Å². The summed E-state index contributed by atoms with van der Waals surface area (Å²) in [5.41, 5.74) is 2.18. The summed E-state index contributed by atoms with van der Waals surface area (Å²) in [6.07, 6.45) is 0. The van der Waals surface area contributed by atoms with E-state index in [1.165, 1.54) is 0 Å². The molecule has 0 saturated heterocycles. The first-order valence-corrected chi connectivity index (χ1v) is 6.98. The lowest BCUT2D eigenvalue weighted by molar-refractivity contribution is 0.302. The van der Waals surface area contributed by atoms with Gasteiger partial charge in [0.25, 0.3) is 0 Å². The molecule has 1 aromatic carbocycles. The molecule has 2 aromatic rings. The van der Waals surface area contributed by atoms with Gasteiger partial charge in [-0.2, -0.15) is 0 Å². The van der Waals surface area contributed by atoms with Gasteiger partial charge in [0.15, 0.2) is 0 Å². The Morgan fingerprint density at radius 2 is 1.90 bits per heavy atom. The van der Waals surface area contributed by atoms with Crippen molar-refractivity contribution in [3.63, 3.8) is 0 Å². The van der Waals surface area contributed by atoms with Crippen LogP contribution >= 0.6 is 0 Å². The molecular weight excluding hydrogens is 252 g/mol. The molecule has 0 spiro atoms. The van der Waals surface area contributed by atoms with Gasteiger partial charge >= 0.3 is 0 Å². The molecule has 20 heavy (non-hydrogen) atoms. The van der Waals surface area contributed by atoms with Gasteiger partial charge < -0.3 is 19.7 Å². The second kappa shape index (κ2) is 7.01. The van der Waals surface area contributed by atoms with Crippen molar-refractivity contribution in [3.05, 3.63) is 47.9 Å². The van der Waals surface area contributed by atoms with Crippen LogP contribution in [0.1, 0.15) is 18.4 Å². The Hall–Kier alpha value is -1.94. The lowest BCUT2D eigenvalue weighted by Crippen LogP contribution is -2.25. The molecule has 0 unspecified atom stereocenters. The third kappa shape index (κ3) is 3.78. The normalized spacial score (nSPS) is 10.6. The maximum Gasteiger partial charge on any atom is 0.123 e. The second-order valence-electron chi connectivity index (χ2n) is 4.72. The Labute approximate surface area is 120 Å². The average molecular weight is 274 g/mol. The van der Waals surface area contributed by atoms with E-state index in [9.17, 15) is 0 Å². The summed E-state index contributed by atoms with van der Waals surface area (Å²) in [6, 6.07) is 12.2. The zero-order valence-electron chi connectivity index (χ0n) is 12.1. The van der Waals surface area contributed by atoms with Gasteiger partial charge in [0.05, 0.1) is 13.2 Å². The van der Waals surface area contributed by atoms with Crippen LogP contribution in [-0.4, -0.2) is 24.8 Å². The number of rotatable bonds is 7. The van der Waals surface area contributed by atoms with Crippen LogP contribution in [0.2, 0.25) is 0 Å². The predicted octanol–water partition coefficient (Wildman–Crippen LogP) is 3.02. The number of nitrogens with zero attached hydrogens (tertiary/aromatic N) is 1. The van der Waals surface area contributed by atoms with Crippen molar-refractivity contribution in [2.24, 2.45) is 0 Å². The molecular formula is C16H22N2O2. The SMILES string of the molecule is CCN(CCO)c1ccc(NCc2ccc(C)o2)cc1. The van der Waals surface area contributed by atoms with Crippen LogP contribution in [0.15, 0.2) is 40.8 Å². The van der Waals surface area contributed by atoms with Gasteiger partial charge in [-0.25, -0.2) is 0 Å². The van der Waals surface area contributed by atoms with Gasteiger partial charge in [-0.15, -0.1) is 0 Å². The molecule has 1 aromatic heterocycles. The fourth-order valence-corrected chi connectivity index (χ4v) is 2.15. The average Bonchev–Trinajstić information content (AvgIpc) is 2.89. The Balaban J connectivity index is 1.94. The van der Waals surface area contributed by atoms with E-state index in [4.69, 9.17) is 9.52 Å². The van der Waals surface area contributed by atoms with Crippen LogP contribution in [0.5, 0.6) is 0 Å². The minimum Gasteiger partial charge on any atom is -0.465 e. The van der Waals surface area contributed by atoms with Gasteiger partial charge in [-0.1, -0.05) is 0 Å². The van der Waals surface area contributed by atoms with E-state index >= 15 is 0 Å². The molecule has 0 fully saturated rings. The monoisotopic (exact) mass is 274 g/mol. The summed E-state index contributed by atoms with van der Waals surface area (Å²) in [6.45, 7) is 6.43. The maximum atomic E-state index is 9.03. The quantitative estimate of drug-likeness (QED) is 0.815. The van der Waals surface area contributed by atoms with Crippen molar-refractivity contribution in [2.45, 2.75) is 20.4 Å². The lowest BCUT2D eigenvalue weighted by atomic mass is 10.2. The largest absolute Gasteiger partial charge is 0.465 e. The maximum absolute atomic E-state index is 9.03. The molecule has 0 aliphatic carbocycles. The minimum atomic E-state index is 0.172. The zero-order valence-corrected chi connectivity index (χ0v) is 12.1. The molecule has 1 heterocycles. The van der Waals surface area contributed by atoms with Crippen molar-refractivity contribution < 1.29 is 9.52 Å². The highest BCUT2D eigenvalue weighted by Gasteiger charge is 2.03. The molecule has 0 atom stereocenters. The molecule has 0 bridgehead atoms. The van der Waals surface area contributed by atoms with Crippen molar-refractivity contribution in [2.75, 3.05) is 29.9 Å². The van der Waals surface area contributed by atoms with Gasteiger partial charge in [0.1, 0.15) is 11.5 Å². The van der Waals surface area contributed by atoms with Gasteiger partial charge in [0.2, 0.25) is 0 Å². The standard InChI is InChI=1S/C16H22N2O2/c1-3-18(10-11-19)15-7-5-14(6-8-15)17-12-16-9-4-13(2)20-16/h4-9,17,19H,3,10-12H2,1-2H3. The Morgan fingerprint density at radius 1 is 1.15 bits per heavy atom. The number of hydrogen-bond acceptors (Lipinski definition) is 4. The van der Waals surface area contributed by atoms with Crippen molar-refractivity contribution >= 4 is 11.4 Å². The number of likely N-dealkylation sites (N-methyl/N-ethyl adjacent to an activating group) is 1. The third-order valence-electron chi connectivity index (χ3n) is 3.25. The van der Waals surface area contributed by atoms with Crippen LogP contribution in [0.3, 0.4) is 0 Å². The molecule has 2 N–H and O–H groups in total.